The second-order valence-electron chi connectivity index (χ2n) is 6.89. The number of hydrogen-bond donors (Lipinski definition) is 1. The van der Waals surface area contributed by atoms with E-state index in [0.717, 1.165) is 22.4 Å². The van der Waals surface area contributed by atoms with Crippen LogP contribution in [0.1, 0.15) is 44.5 Å². The van der Waals surface area contributed by atoms with Crippen LogP contribution in [0.5, 0.6) is 0 Å². The lowest BCUT2D eigenvalue weighted by atomic mass is 10.1. The van der Waals surface area contributed by atoms with Gasteiger partial charge in [0.25, 0.3) is 5.91 Å². The number of aryl methyl sites for hydroxylation is 2. The van der Waals surface area contributed by atoms with Crippen LogP contribution in [0.25, 0.3) is 0 Å². The van der Waals surface area contributed by atoms with Gasteiger partial charge in [-0.2, -0.15) is 0 Å². The number of fused-ring (bicyclic) bond motifs is 1. The average Bonchev–Trinajstić information content (AvgIpc) is 3.11. The van der Waals surface area contributed by atoms with Crippen LogP contribution in [0.15, 0.2) is 48.5 Å². The summed E-state index contributed by atoms with van der Waals surface area (Å²) in [6, 6.07) is 16.3. The number of amides is 1. The minimum Gasteiger partial charge on any atom is -0.365 e. The number of nitrogens with one attached hydrogen (secondary N) is 1. The highest BCUT2D eigenvalue weighted by atomic mass is 16.5. The number of nitrogens with zero attached hydrogens (tertiary/aromatic N) is 3. The maximum Gasteiger partial charge on any atom is 0.274 e. The summed E-state index contributed by atoms with van der Waals surface area (Å²) < 4.78 is 7.76. The molecule has 0 aliphatic carbocycles. The number of benzene rings is 2. The van der Waals surface area contributed by atoms with Crippen LogP contribution < -0.4 is 5.32 Å². The van der Waals surface area contributed by atoms with E-state index >= 15 is 0 Å². The first-order valence-corrected chi connectivity index (χ1v) is 9.05. The quantitative estimate of drug-likeness (QED) is 0.774. The summed E-state index contributed by atoms with van der Waals surface area (Å²) in [5.41, 5.74) is 5.61. The Labute approximate surface area is 158 Å². The van der Waals surface area contributed by atoms with Gasteiger partial charge in [-0.25, -0.2) is 4.68 Å². The van der Waals surface area contributed by atoms with Crippen molar-refractivity contribution in [3.63, 3.8) is 0 Å². The molecule has 0 unspecified atom stereocenters. The molecule has 1 aliphatic heterocycles. The first-order chi connectivity index (χ1) is 13.1. The molecule has 6 heteroatoms. The molecule has 1 atom stereocenters. The van der Waals surface area contributed by atoms with Crippen molar-refractivity contribution >= 4 is 5.91 Å². The summed E-state index contributed by atoms with van der Waals surface area (Å²) in [4.78, 5) is 12.6. The Bertz CT molecular complexity index is 963. The molecule has 2 heterocycles. The van der Waals surface area contributed by atoms with Crippen LogP contribution in [0, 0.1) is 13.8 Å². The van der Waals surface area contributed by atoms with Crippen molar-refractivity contribution in [1.82, 2.24) is 20.3 Å². The van der Waals surface area contributed by atoms with Gasteiger partial charge < -0.3 is 10.1 Å². The molecule has 1 aliphatic rings. The molecule has 27 heavy (non-hydrogen) atoms. The Hall–Kier alpha value is -2.99. The Balaban J connectivity index is 1.45. The van der Waals surface area contributed by atoms with Crippen molar-refractivity contribution < 1.29 is 9.53 Å². The number of rotatable bonds is 4. The van der Waals surface area contributed by atoms with Gasteiger partial charge in [0.05, 0.1) is 18.8 Å². The van der Waals surface area contributed by atoms with Crippen LogP contribution in [-0.2, 0) is 24.4 Å². The zero-order valence-electron chi connectivity index (χ0n) is 15.5. The summed E-state index contributed by atoms with van der Waals surface area (Å²) in [6.07, 6.45) is -0.0809. The molecule has 0 radical (unpaired) electrons. The number of aromatic nitrogens is 3. The molecule has 6 nitrogen and oxygen atoms in total. The van der Waals surface area contributed by atoms with Gasteiger partial charge in [0.2, 0.25) is 0 Å². The predicted octanol–water partition coefficient (Wildman–Crippen LogP) is 3.10. The fraction of sp³-hybridized carbons (Fsp3) is 0.286. The van der Waals surface area contributed by atoms with E-state index in [1.54, 1.807) is 4.68 Å². The van der Waals surface area contributed by atoms with Gasteiger partial charge in [-0.05, 0) is 30.5 Å². The second kappa shape index (κ2) is 7.32. The largest absolute Gasteiger partial charge is 0.365 e. The summed E-state index contributed by atoms with van der Waals surface area (Å²) in [6.45, 7) is 5.42. The number of carbonyl (C=O) groups excluding carboxylic acids is 1. The van der Waals surface area contributed by atoms with Gasteiger partial charge in [0.15, 0.2) is 5.69 Å². The lowest BCUT2D eigenvalue weighted by Crippen LogP contribution is -2.27. The van der Waals surface area contributed by atoms with E-state index in [-0.39, 0.29) is 12.0 Å². The van der Waals surface area contributed by atoms with Crippen molar-refractivity contribution in [1.29, 1.82) is 0 Å². The lowest BCUT2D eigenvalue weighted by Gasteiger charge is -2.24. The molecule has 0 saturated heterocycles. The monoisotopic (exact) mass is 362 g/mol. The van der Waals surface area contributed by atoms with Gasteiger partial charge in [-0.3, -0.25) is 4.79 Å². The number of carbonyl (C=O) groups is 1. The van der Waals surface area contributed by atoms with Gasteiger partial charge in [-0.15, -0.1) is 5.10 Å². The highest BCUT2D eigenvalue weighted by Crippen LogP contribution is 2.27. The Kier molecular flexibility index (Phi) is 4.73. The van der Waals surface area contributed by atoms with Crippen molar-refractivity contribution in [3.8, 4) is 0 Å². The molecule has 0 saturated carbocycles. The third-order valence-electron chi connectivity index (χ3n) is 4.96. The van der Waals surface area contributed by atoms with E-state index in [4.69, 9.17) is 4.74 Å². The zero-order chi connectivity index (χ0) is 18.8. The Morgan fingerprint density at radius 2 is 1.96 bits per heavy atom. The molecule has 3 aromatic rings. The van der Waals surface area contributed by atoms with E-state index in [0.29, 0.717) is 25.4 Å². The van der Waals surface area contributed by atoms with Gasteiger partial charge >= 0.3 is 0 Å². The van der Waals surface area contributed by atoms with E-state index in [2.05, 4.69) is 46.8 Å². The summed E-state index contributed by atoms with van der Waals surface area (Å²) >= 11 is 0. The molecule has 2 aromatic carbocycles. The maximum absolute atomic E-state index is 12.6. The minimum atomic E-state index is -0.225. The smallest absolute Gasteiger partial charge is 0.274 e. The standard InChI is InChI=1S/C21H22N4O2/c1-14-7-9-16(10-8-14)19-12-25-18(13-27-19)20(23-24-25)21(26)22-11-17-6-4-3-5-15(17)2/h3-10,19H,11-13H2,1-2H3,(H,22,26)/t19-/m0/s1. The zero-order valence-corrected chi connectivity index (χ0v) is 15.5. The normalized spacial score (nSPS) is 16.0. The molecule has 0 fully saturated rings. The van der Waals surface area contributed by atoms with Crippen molar-refractivity contribution in [2.75, 3.05) is 0 Å². The second-order valence-corrected chi connectivity index (χ2v) is 6.89. The molecular weight excluding hydrogens is 340 g/mol. The third kappa shape index (κ3) is 3.61. The highest BCUT2D eigenvalue weighted by Gasteiger charge is 2.27. The molecule has 1 aromatic heterocycles. The van der Waals surface area contributed by atoms with E-state index in [9.17, 15) is 4.79 Å². The minimum absolute atomic E-state index is 0.0809. The van der Waals surface area contributed by atoms with E-state index in [1.807, 2.05) is 31.2 Å². The molecule has 1 amide bonds. The molecule has 0 spiro atoms. The Morgan fingerprint density at radius 1 is 1.19 bits per heavy atom. The van der Waals surface area contributed by atoms with Crippen LogP contribution in [0.2, 0.25) is 0 Å². The van der Waals surface area contributed by atoms with E-state index < -0.39 is 0 Å². The van der Waals surface area contributed by atoms with E-state index in [1.165, 1.54) is 5.56 Å². The molecular formula is C21H22N4O2. The first-order valence-electron chi connectivity index (χ1n) is 9.05. The molecule has 1 N–H and O–H groups in total. The fourth-order valence-corrected chi connectivity index (χ4v) is 3.24. The number of ether oxygens (including phenoxy) is 1. The molecule has 138 valence electrons. The summed E-state index contributed by atoms with van der Waals surface area (Å²) in [5.74, 6) is -0.225. The van der Waals surface area contributed by atoms with Crippen molar-refractivity contribution in [2.45, 2.75) is 39.6 Å². The topological polar surface area (TPSA) is 69.0 Å². The molecule has 0 bridgehead atoms. The predicted molar refractivity (Wildman–Crippen MR) is 101 cm³/mol. The average molecular weight is 362 g/mol. The van der Waals surface area contributed by atoms with Crippen LogP contribution >= 0.6 is 0 Å². The summed E-state index contributed by atoms with van der Waals surface area (Å²) in [5, 5.41) is 11.2. The van der Waals surface area contributed by atoms with Crippen molar-refractivity contribution in [3.05, 3.63) is 82.2 Å². The van der Waals surface area contributed by atoms with Crippen molar-refractivity contribution in [2.24, 2.45) is 0 Å². The van der Waals surface area contributed by atoms with Gasteiger partial charge in [0.1, 0.15) is 6.10 Å². The molecule has 4 rings (SSSR count). The first kappa shape index (κ1) is 17.4. The SMILES string of the molecule is Cc1ccc([C@@H]2Cn3nnc(C(=O)NCc4ccccc4C)c3CO2)cc1. The fourth-order valence-electron chi connectivity index (χ4n) is 3.24. The summed E-state index contributed by atoms with van der Waals surface area (Å²) in [7, 11) is 0. The lowest BCUT2D eigenvalue weighted by molar-refractivity contribution is -0.00177. The number of hydrogen-bond acceptors (Lipinski definition) is 4. The van der Waals surface area contributed by atoms with Gasteiger partial charge in [0, 0.05) is 6.54 Å². The van der Waals surface area contributed by atoms with Crippen LogP contribution in [0.4, 0.5) is 0 Å². The third-order valence-corrected chi connectivity index (χ3v) is 4.96. The van der Waals surface area contributed by atoms with Gasteiger partial charge in [-0.1, -0.05) is 59.3 Å². The van der Waals surface area contributed by atoms with Crippen LogP contribution in [-0.4, -0.2) is 20.9 Å². The highest BCUT2D eigenvalue weighted by molar-refractivity contribution is 5.93. The Morgan fingerprint density at radius 3 is 2.74 bits per heavy atom. The van der Waals surface area contributed by atoms with Crippen LogP contribution in [0.3, 0.4) is 0 Å². The maximum atomic E-state index is 12.6.